The number of nitro benzene ring substituents is 1. The van der Waals surface area contributed by atoms with E-state index < -0.39 is 11.0 Å². The largest absolute Gasteiger partial charge is 0.492 e. The molecule has 6 rings (SSSR count). The van der Waals surface area contributed by atoms with E-state index in [1.165, 1.54) is 29.2 Å². The minimum absolute atomic E-state index is 0.0516. The van der Waals surface area contributed by atoms with Gasteiger partial charge in [0.1, 0.15) is 18.1 Å². The van der Waals surface area contributed by atoms with Gasteiger partial charge in [0.25, 0.3) is 11.6 Å². The van der Waals surface area contributed by atoms with E-state index in [4.69, 9.17) is 16.3 Å². The average molecular weight is 642 g/mol. The summed E-state index contributed by atoms with van der Waals surface area (Å²) in [5.41, 5.74) is 3.53. The summed E-state index contributed by atoms with van der Waals surface area (Å²) in [6.45, 7) is 1.58. The highest BCUT2D eigenvalue weighted by atomic mass is 35.5. The highest BCUT2D eigenvalue weighted by molar-refractivity contribution is 6.20. The number of carbonyl (C=O) groups is 2. The van der Waals surface area contributed by atoms with Crippen LogP contribution in [0.15, 0.2) is 78.9 Å². The average Bonchev–Trinajstić information content (AvgIpc) is 3.64. The van der Waals surface area contributed by atoms with Crippen LogP contribution in [0, 0.1) is 10.1 Å². The van der Waals surface area contributed by atoms with Crippen LogP contribution in [0.25, 0.3) is 21.7 Å². The van der Waals surface area contributed by atoms with Crippen LogP contribution in [0.2, 0.25) is 0 Å². The third-order valence-electron chi connectivity index (χ3n) is 8.22. The highest BCUT2D eigenvalue weighted by Crippen LogP contribution is 2.46. The van der Waals surface area contributed by atoms with Crippen molar-refractivity contribution in [1.29, 1.82) is 0 Å². The number of anilines is 2. The summed E-state index contributed by atoms with van der Waals surface area (Å²) in [5.74, 6) is 0.539. The number of hydrogen-bond acceptors (Lipinski definition) is 6. The van der Waals surface area contributed by atoms with Crippen LogP contribution in [0.3, 0.4) is 0 Å². The lowest BCUT2D eigenvalue weighted by Crippen LogP contribution is -2.31. The Morgan fingerprint density at radius 2 is 1.80 bits per heavy atom. The summed E-state index contributed by atoms with van der Waals surface area (Å²) in [6.07, 6.45) is -1.20. The van der Waals surface area contributed by atoms with Gasteiger partial charge in [-0.15, -0.1) is 11.6 Å². The van der Waals surface area contributed by atoms with E-state index in [0.717, 1.165) is 28.4 Å². The number of ether oxygens (including phenoxy) is 1. The molecule has 2 heterocycles. The Kier molecular flexibility index (Phi) is 8.53. The molecule has 12 heteroatoms. The molecular formula is C34H32ClN5O6. The Labute approximate surface area is 269 Å². The molecule has 2 N–H and O–H groups in total. The smallest absolute Gasteiger partial charge is 0.412 e. The maximum absolute atomic E-state index is 14.1. The number of rotatable bonds is 10. The quantitative estimate of drug-likeness (QED) is 0.0969. The molecule has 2 amide bonds. The molecule has 0 aliphatic carbocycles. The number of alkyl halides is 1. The summed E-state index contributed by atoms with van der Waals surface area (Å²) in [5, 5.41) is 23.8. The summed E-state index contributed by atoms with van der Waals surface area (Å²) in [6, 6.07) is 22.4. The van der Waals surface area contributed by atoms with Crippen molar-refractivity contribution in [1.82, 2.24) is 9.88 Å². The third kappa shape index (κ3) is 5.94. The molecule has 46 heavy (non-hydrogen) atoms. The van der Waals surface area contributed by atoms with Crippen molar-refractivity contribution >= 4 is 62.3 Å². The van der Waals surface area contributed by atoms with Gasteiger partial charge in [0, 0.05) is 53.3 Å². The Balaban J connectivity index is 1.39. The lowest BCUT2D eigenvalue weighted by atomic mass is 9.94. The molecular weight excluding hydrogens is 610 g/mol. The fourth-order valence-corrected chi connectivity index (χ4v) is 6.19. The second-order valence-corrected chi connectivity index (χ2v) is 11.8. The van der Waals surface area contributed by atoms with Crippen LogP contribution in [-0.4, -0.2) is 71.6 Å². The van der Waals surface area contributed by atoms with Gasteiger partial charge in [0.15, 0.2) is 0 Å². The summed E-state index contributed by atoms with van der Waals surface area (Å²) >= 11 is 6.47. The number of carbonyl (C=O) groups excluding carboxylic acids is 1. The van der Waals surface area contributed by atoms with Crippen LogP contribution in [-0.2, 0) is 6.54 Å². The van der Waals surface area contributed by atoms with E-state index in [2.05, 4.69) is 4.98 Å². The third-order valence-corrected chi connectivity index (χ3v) is 8.59. The molecule has 0 spiro atoms. The molecule has 0 bridgehead atoms. The minimum atomic E-state index is -1.20. The number of benzene rings is 4. The number of likely N-dealkylation sites (N-methyl/N-ethyl adjacent to an activating group) is 1. The molecule has 1 aliphatic rings. The van der Waals surface area contributed by atoms with Crippen LogP contribution >= 0.6 is 11.6 Å². The van der Waals surface area contributed by atoms with Crippen molar-refractivity contribution in [2.75, 3.05) is 49.5 Å². The molecule has 1 unspecified atom stereocenters. The molecule has 5 aromatic rings. The summed E-state index contributed by atoms with van der Waals surface area (Å²) < 4.78 is 5.88. The number of nitrogens with one attached hydrogen (secondary N) is 1. The van der Waals surface area contributed by atoms with Crippen LogP contribution in [0.5, 0.6) is 5.75 Å². The number of nitro groups is 1. The number of halogens is 1. The van der Waals surface area contributed by atoms with Crippen molar-refractivity contribution in [2.24, 2.45) is 0 Å². The standard InChI is InChI=1S/C34H32ClN5O6/c1-37(2)13-14-46-25-11-12-28-22(15-25)16-29(36-28)33(41)38-20-23(18-35)32-27-6-4-3-5-26(27)30(17-31(32)38)39(34(42)43)19-21-7-9-24(10-8-21)40(44)45/h3-12,15-17,23,36H,13-14,18-20H2,1-2H3,(H,42,43). The van der Waals surface area contributed by atoms with Crippen LogP contribution in [0.1, 0.15) is 27.5 Å². The molecule has 236 valence electrons. The zero-order chi connectivity index (χ0) is 32.5. The minimum Gasteiger partial charge on any atom is -0.492 e. The fourth-order valence-electron chi connectivity index (χ4n) is 5.94. The van der Waals surface area contributed by atoms with Gasteiger partial charge in [-0.05, 0) is 60.9 Å². The molecule has 0 saturated carbocycles. The van der Waals surface area contributed by atoms with Crippen molar-refractivity contribution in [2.45, 2.75) is 12.5 Å². The van der Waals surface area contributed by atoms with E-state index in [-0.39, 0.29) is 29.9 Å². The van der Waals surface area contributed by atoms with Gasteiger partial charge < -0.3 is 24.6 Å². The lowest BCUT2D eigenvalue weighted by Gasteiger charge is -2.24. The van der Waals surface area contributed by atoms with E-state index in [0.29, 0.717) is 46.9 Å². The van der Waals surface area contributed by atoms with E-state index >= 15 is 0 Å². The van der Waals surface area contributed by atoms with Crippen molar-refractivity contribution in [3.63, 3.8) is 0 Å². The Morgan fingerprint density at radius 1 is 1.07 bits per heavy atom. The van der Waals surface area contributed by atoms with Gasteiger partial charge in [-0.2, -0.15) is 0 Å². The maximum atomic E-state index is 14.1. The van der Waals surface area contributed by atoms with Crippen molar-refractivity contribution in [3.8, 4) is 5.75 Å². The molecule has 0 saturated heterocycles. The van der Waals surface area contributed by atoms with Crippen molar-refractivity contribution in [3.05, 3.63) is 106 Å². The molecule has 0 radical (unpaired) electrons. The number of hydrogen-bond donors (Lipinski definition) is 2. The van der Waals surface area contributed by atoms with Gasteiger partial charge in [0.05, 0.1) is 22.8 Å². The predicted octanol–water partition coefficient (Wildman–Crippen LogP) is 6.84. The van der Waals surface area contributed by atoms with E-state index in [1.54, 1.807) is 17.0 Å². The molecule has 1 aliphatic heterocycles. The zero-order valence-corrected chi connectivity index (χ0v) is 26.0. The zero-order valence-electron chi connectivity index (χ0n) is 25.3. The number of H-pyrrole nitrogens is 1. The Bertz CT molecular complexity index is 1960. The summed E-state index contributed by atoms with van der Waals surface area (Å²) in [7, 11) is 3.96. The van der Waals surface area contributed by atoms with Crippen molar-refractivity contribution < 1.29 is 24.4 Å². The van der Waals surface area contributed by atoms with Gasteiger partial charge in [-0.25, -0.2) is 4.79 Å². The first-order valence-electron chi connectivity index (χ1n) is 14.7. The number of non-ortho nitro benzene ring substituents is 1. The molecule has 1 atom stereocenters. The number of aromatic nitrogens is 1. The number of carboxylic acid groups (broad SMARTS) is 1. The van der Waals surface area contributed by atoms with Crippen LogP contribution in [0.4, 0.5) is 21.9 Å². The van der Waals surface area contributed by atoms with Gasteiger partial charge in [-0.3, -0.25) is 19.8 Å². The van der Waals surface area contributed by atoms with E-state index in [1.807, 2.05) is 61.5 Å². The molecule has 1 aromatic heterocycles. The summed E-state index contributed by atoms with van der Waals surface area (Å²) in [4.78, 5) is 45.6. The number of amides is 2. The monoisotopic (exact) mass is 641 g/mol. The molecule has 4 aromatic carbocycles. The second kappa shape index (κ2) is 12.7. The first-order chi connectivity index (χ1) is 22.1. The fraction of sp³-hybridized carbons (Fsp3) is 0.235. The number of fused-ring (bicyclic) bond motifs is 4. The normalized spacial score (nSPS) is 14.2. The first-order valence-corrected chi connectivity index (χ1v) is 15.3. The lowest BCUT2D eigenvalue weighted by molar-refractivity contribution is -0.384. The number of nitrogens with zero attached hydrogens (tertiary/aromatic N) is 4. The van der Waals surface area contributed by atoms with Gasteiger partial charge in [-0.1, -0.05) is 36.4 Å². The van der Waals surface area contributed by atoms with Gasteiger partial charge >= 0.3 is 6.09 Å². The highest BCUT2D eigenvalue weighted by Gasteiger charge is 2.36. The Hall–Kier alpha value is -5.13. The molecule has 11 nitrogen and oxygen atoms in total. The van der Waals surface area contributed by atoms with Crippen LogP contribution < -0.4 is 14.5 Å². The maximum Gasteiger partial charge on any atom is 0.412 e. The van der Waals surface area contributed by atoms with Gasteiger partial charge in [0.2, 0.25) is 0 Å². The SMILES string of the molecule is CN(C)CCOc1ccc2[nH]c(C(=O)N3CC(CCl)c4c3cc(N(Cc3ccc([N+](=O)[O-])cc3)C(=O)O)c3ccccc43)cc2c1. The molecule has 0 fully saturated rings. The predicted molar refractivity (Wildman–Crippen MR) is 179 cm³/mol. The first kappa shape index (κ1) is 30.9. The number of aromatic amines is 1. The van der Waals surface area contributed by atoms with E-state index in [9.17, 15) is 24.8 Å². The Morgan fingerprint density at radius 3 is 2.48 bits per heavy atom. The topological polar surface area (TPSA) is 132 Å². The second-order valence-electron chi connectivity index (χ2n) is 11.5.